The van der Waals surface area contributed by atoms with Gasteiger partial charge in [0.15, 0.2) is 12.1 Å². The van der Waals surface area contributed by atoms with E-state index in [1.54, 1.807) is 23.1 Å². The summed E-state index contributed by atoms with van der Waals surface area (Å²) in [4.78, 5) is 46.1. The molecule has 14 heteroatoms. The fourth-order valence-electron chi connectivity index (χ4n) is 3.94. The molecule has 1 saturated carbocycles. The third kappa shape index (κ3) is 8.50. The van der Waals surface area contributed by atoms with Crippen molar-refractivity contribution in [1.29, 1.82) is 0 Å². The summed E-state index contributed by atoms with van der Waals surface area (Å²) in [6.45, 7) is 6.99. The van der Waals surface area contributed by atoms with Crippen LogP contribution in [-0.2, 0) is 22.6 Å². The van der Waals surface area contributed by atoms with Crippen LogP contribution in [0.1, 0.15) is 45.6 Å². The number of anilines is 1. The van der Waals surface area contributed by atoms with Gasteiger partial charge in [0.25, 0.3) is 11.5 Å². The molecule has 1 aromatic carbocycles. The smallest absolute Gasteiger partial charge is 0.410 e. The minimum atomic E-state index is -0.568. The zero-order valence-corrected chi connectivity index (χ0v) is 23.6. The fourth-order valence-corrected chi connectivity index (χ4v) is 4.16. The van der Waals surface area contributed by atoms with Gasteiger partial charge in [-0.2, -0.15) is 0 Å². The first kappa shape index (κ1) is 29.0. The second-order valence-corrected chi connectivity index (χ2v) is 11.1. The fraction of sp³-hybridized carbons (Fsp3) is 0.500. The van der Waals surface area contributed by atoms with Crippen LogP contribution in [0.2, 0.25) is 5.02 Å². The van der Waals surface area contributed by atoms with Crippen LogP contribution in [0.5, 0.6) is 0 Å². The summed E-state index contributed by atoms with van der Waals surface area (Å²) in [6, 6.07) is 7.08. The molecule has 13 nitrogen and oxygen atoms in total. The number of hydrogen-bond donors (Lipinski definition) is 1. The van der Waals surface area contributed by atoms with Gasteiger partial charge in [-0.05, 0) is 74.1 Å². The van der Waals surface area contributed by atoms with Gasteiger partial charge >= 0.3 is 6.09 Å². The van der Waals surface area contributed by atoms with E-state index >= 15 is 0 Å². The van der Waals surface area contributed by atoms with Crippen LogP contribution in [0.3, 0.4) is 0 Å². The van der Waals surface area contributed by atoms with Crippen molar-refractivity contribution < 1.29 is 14.3 Å². The third-order valence-corrected chi connectivity index (χ3v) is 6.27. The van der Waals surface area contributed by atoms with Crippen molar-refractivity contribution in [3.63, 3.8) is 0 Å². The maximum atomic E-state index is 13.3. The van der Waals surface area contributed by atoms with Crippen molar-refractivity contribution in [3.05, 3.63) is 63.9 Å². The quantitative estimate of drug-likeness (QED) is 0.325. The van der Waals surface area contributed by atoms with Gasteiger partial charge in [-0.25, -0.2) is 14.8 Å². The first-order valence-electron chi connectivity index (χ1n) is 13.1. The van der Waals surface area contributed by atoms with E-state index in [2.05, 4.69) is 25.8 Å². The Morgan fingerprint density at radius 3 is 2.73 bits per heavy atom. The van der Waals surface area contributed by atoms with Gasteiger partial charge in [-0.3, -0.25) is 9.59 Å². The average molecular weight is 572 g/mol. The monoisotopic (exact) mass is 571 g/mol. The third-order valence-electron chi connectivity index (χ3n) is 6.04. The minimum Gasteiger partial charge on any atom is -0.444 e. The Kier molecular flexibility index (Phi) is 9.35. The van der Waals surface area contributed by atoms with E-state index in [9.17, 15) is 14.4 Å². The Hall–Kier alpha value is -4.00. The van der Waals surface area contributed by atoms with Crippen molar-refractivity contribution in [2.45, 2.75) is 58.7 Å². The normalized spacial score (nSPS) is 13.1. The molecule has 0 saturated heterocycles. The van der Waals surface area contributed by atoms with E-state index in [1.165, 1.54) is 33.1 Å². The number of tetrazole rings is 1. The molecule has 1 fully saturated rings. The van der Waals surface area contributed by atoms with Crippen LogP contribution in [0.4, 0.5) is 10.6 Å². The van der Waals surface area contributed by atoms with E-state index in [1.807, 2.05) is 26.8 Å². The van der Waals surface area contributed by atoms with E-state index < -0.39 is 17.1 Å². The van der Waals surface area contributed by atoms with Crippen molar-refractivity contribution >= 4 is 29.4 Å². The molecule has 0 spiro atoms. The number of hydrogen-bond acceptors (Lipinski definition) is 9. The largest absolute Gasteiger partial charge is 0.444 e. The van der Waals surface area contributed by atoms with Gasteiger partial charge in [-0.1, -0.05) is 23.7 Å². The van der Waals surface area contributed by atoms with Gasteiger partial charge in [0.1, 0.15) is 12.1 Å². The molecule has 0 aliphatic heterocycles. The first-order chi connectivity index (χ1) is 19.1. The molecule has 40 heavy (non-hydrogen) atoms. The Morgan fingerprint density at radius 2 is 2.05 bits per heavy atom. The highest BCUT2D eigenvalue weighted by atomic mass is 35.5. The predicted molar refractivity (Wildman–Crippen MR) is 148 cm³/mol. The first-order valence-corrected chi connectivity index (χ1v) is 13.5. The van der Waals surface area contributed by atoms with Crippen molar-refractivity contribution in [1.82, 2.24) is 34.8 Å². The lowest BCUT2D eigenvalue weighted by molar-refractivity contribution is -0.121. The molecule has 214 valence electrons. The topological polar surface area (TPSA) is 140 Å². The number of aromatic nitrogens is 6. The van der Waals surface area contributed by atoms with Gasteiger partial charge in [0.2, 0.25) is 0 Å². The summed E-state index contributed by atoms with van der Waals surface area (Å²) in [5.41, 5.74) is -0.248. The summed E-state index contributed by atoms with van der Waals surface area (Å²) >= 11 is 6.10. The van der Waals surface area contributed by atoms with Crippen LogP contribution >= 0.6 is 11.6 Å². The van der Waals surface area contributed by atoms with Gasteiger partial charge in [-0.15, -0.1) is 9.89 Å². The second kappa shape index (κ2) is 12.9. The van der Waals surface area contributed by atoms with Gasteiger partial charge in [0, 0.05) is 37.1 Å². The summed E-state index contributed by atoms with van der Waals surface area (Å²) < 4.78 is 6.82. The van der Waals surface area contributed by atoms with E-state index in [0.29, 0.717) is 37.0 Å². The highest BCUT2D eigenvalue weighted by Gasteiger charge is 2.29. The number of carbonyl (C=O) groups excluding carboxylic acids is 2. The number of amides is 2. The standard InChI is InChI=1S/C26H34ClN9O4/c1-26(2,3)40-25(39)34(15-19-8-9-19)12-5-10-28-23-24(38)33(13-11-29-23)17-22(37)35(36-18-30-31-32-36)16-20-6-4-7-21(27)14-20/h4,6-7,11,13-14,18-19H,5,8-10,12,15-17H2,1-3H3,(H,28,29). The van der Waals surface area contributed by atoms with Crippen LogP contribution < -0.4 is 15.9 Å². The second-order valence-electron chi connectivity index (χ2n) is 10.7. The summed E-state index contributed by atoms with van der Waals surface area (Å²) in [7, 11) is 0. The molecule has 4 rings (SSSR count). The Morgan fingerprint density at radius 1 is 1.25 bits per heavy atom. The molecule has 0 radical (unpaired) electrons. The lowest BCUT2D eigenvalue weighted by atomic mass is 10.2. The van der Waals surface area contributed by atoms with E-state index in [4.69, 9.17) is 16.3 Å². The number of benzene rings is 1. The number of rotatable bonds is 12. The Balaban J connectivity index is 1.37. The number of nitrogens with one attached hydrogen (secondary N) is 1. The number of halogens is 1. The van der Waals surface area contributed by atoms with Gasteiger partial charge < -0.3 is 19.5 Å². The lowest BCUT2D eigenvalue weighted by Crippen LogP contribution is -2.44. The van der Waals surface area contributed by atoms with Crippen LogP contribution in [0, 0.1) is 5.92 Å². The zero-order chi connectivity index (χ0) is 28.7. The molecule has 1 aliphatic carbocycles. The molecule has 0 atom stereocenters. The Bertz CT molecular complexity index is 1350. The van der Waals surface area contributed by atoms with Crippen molar-refractivity contribution in [3.8, 4) is 0 Å². The minimum absolute atomic E-state index is 0.116. The number of nitrogens with zero attached hydrogens (tertiary/aromatic N) is 8. The molecule has 1 N–H and O–H groups in total. The molecule has 0 bridgehead atoms. The highest BCUT2D eigenvalue weighted by Crippen LogP contribution is 2.30. The average Bonchev–Trinajstić information content (AvgIpc) is 3.54. The number of ether oxygens (including phenoxy) is 1. The van der Waals surface area contributed by atoms with Crippen molar-refractivity contribution in [2.75, 3.05) is 30.0 Å². The lowest BCUT2D eigenvalue weighted by Gasteiger charge is -2.27. The van der Waals surface area contributed by atoms with Crippen molar-refractivity contribution in [2.24, 2.45) is 5.92 Å². The van der Waals surface area contributed by atoms with E-state index in [-0.39, 0.29) is 25.0 Å². The molecule has 3 aromatic rings. The van der Waals surface area contributed by atoms with Gasteiger partial charge in [0.05, 0.1) is 6.54 Å². The SMILES string of the molecule is CC(C)(C)OC(=O)N(CCCNc1nccn(CC(=O)N(Cc2cccc(Cl)c2)n2cnnn2)c1=O)CC1CC1. The summed E-state index contributed by atoms with van der Waals surface area (Å²) in [5.74, 6) is 0.220. The molecule has 2 heterocycles. The molecule has 0 unspecified atom stereocenters. The maximum Gasteiger partial charge on any atom is 0.410 e. The van der Waals surface area contributed by atoms with Crippen LogP contribution in [0.25, 0.3) is 0 Å². The predicted octanol–water partition coefficient (Wildman–Crippen LogP) is 2.70. The molecule has 1 aliphatic rings. The Labute approximate surface area is 237 Å². The maximum absolute atomic E-state index is 13.3. The highest BCUT2D eigenvalue weighted by molar-refractivity contribution is 6.30. The molecular formula is C26H34ClN9O4. The van der Waals surface area contributed by atoms with Crippen LogP contribution in [0.15, 0.2) is 47.8 Å². The molecule has 2 aromatic heterocycles. The molecule has 2 amide bonds. The summed E-state index contributed by atoms with van der Waals surface area (Å²) in [5, 5.41) is 16.0. The van der Waals surface area contributed by atoms with E-state index in [0.717, 1.165) is 18.4 Å². The summed E-state index contributed by atoms with van der Waals surface area (Å²) in [6.07, 6.45) is 6.70. The van der Waals surface area contributed by atoms with Crippen LogP contribution in [-0.4, -0.2) is 72.0 Å². The molecular weight excluding hydrogens is 538 g/mol. The zero-order valence-electron chi connectivity index (χ0n) is 22.9. The number of carbonyl (C=O) groups is 2.